The number of benzene rings is 1. The summed E-state index contributed by atoms with van der Waals surface area (Å²) in [5, 5.41) is 12.4. The van der Waals surface area contributed by atoms with Crippen LogP contribution < -0.4 is 10.6 Å². The lowest BCUT2D eigenvalue weighted by Crippen LogP contribution is -2.47. The van der Waals surface area contributed by atoms with Crippen LogP contribution in [0.3, 0.4) is 0 Å². The van der Waals surface area contributed by atoms with Gasteiger partial charge < -0.3 is 5.32 Å². The minimum atomic E-state index is -0.994. The Morgan fingerprint density at radius 1 is 1.22 bits per heavy atom. The monoisotopic (exact) mass is 340 g/mol. The average Bonchev–Trinajstić information content (AvgIpc) is 2.97. The first-order valence-corrected chi connectivity index (χ1v) is 7.60. The number of anilines is 1. The van der Waals surface area contributed by atoms with Gasteiger partial charge in [0.05, 0.1) is 0 Å². The van der Waals surface area contributed by atoms with Crippen LogP contribution in [0.2, 0.25) is 0 Å². The molecule has 2 amide bonds. The largest absolute Gasteiger partial charge is 0.340 e. The van der Waals surface area contributed by atoms with E-state index in [2.05, 4.69) is 20.8 Å². The van der Waals surface area contributed by atoms with Crippen LogP contribution in [0.5, 0.6) is 0 Å². The molecule has 0 aliphatic rings. The van der Waals surface area contributed by atoms with Gasteiger partial charge in [0.2, 0.25) is 11.0 Å². The van der Waals surface area contributed by atoms with Crippen LogP contribution in [-0.2, 0) is 4.79 Å². The normalized spacial score (nSPS) is 12.0. The Morgan fingerprint density at radius 2 is 1.87 bits per heavy atom. The maximum atomic E-state index is 13.6. The summed E-state index contributed by atoms with van der Waals surface area (Å²) in [4.78, 5) is 24.3. The van der Waals surface area contributed by atoms with Crippen LogP contribution in [0.15, 0.2) is 23.7 Å². The van der Waals surface area contributed by atoms with Gasteiger partial charge in [-0.1, -0.05) is 31.3 Å². The Hall–Kier alpha value is -2.42. The molecule has 2 rings (SSSR count). The number of amides is 2. The number of hydrogen-bond acceptors (Lipinski definition) is 5. The second-order valence-corrected chi connectivity index (χ2v) is 5.86. The van der Waals surface area contributed by atoms with E-state index in [1.165, 1.54) is 5.51 Å². The number of aromatic nitrogens is 2. The molecule has 1 unspecified atom stereocenters. The number of carbonyl (C=O) groups excluding carboxylic acids is 2. The standard InChI is InChI=1S/C14H14F2N4O2S/c1-7(2)11(13(22)19-14-20-17-6-23-14)18-12(21)10-8(15)4-3-5-9(10)16/h3-7,11H,1-2H3,(H,18,21)(H,19,20,22). The summed E-state index contributed by atoms with van der Waals surface area (Å²) in [6, 6.07) is 2.13. The Labute approximate surface area is 134 Å². The fraction of sp³-hybridized carbons (Fsp3) is 0.286. The van der Waals surface area contributed by atoms with Crippen molar-refractivity contribution in [3.63, 3.8) is 0 Å². The van der Waals surface area contributed by atoms with Crippen molar-refractivity contribution in [2.24, 2.45) is 5.92 Å². The van der Waals surface area contributed by atoms with Crippen LogP contribution in [0.25, 0.3) is 0 Å². The number of carbonyl (C=O) groups is 2. The molecule has 2 aromatic rings. The third-order valence-corrected chi connectivity index (χ3v) is 3.62. The molecule has 2 N–H and O–H groups in total. The van der Waals surface area contributed by atoms with Gasteiger partial charge in [0.25, 0.3) is 5.91 Å². The van der Waals surface area contributed by atoms with Gasteiger partial charge in [0, 0.05) is 0 Å². The van der Waals surface area contributed by atoms with Crippen molar-refractivity contribution in [1.29, 1.82) is 0 Å². The molecule has 0 aliphatic heterocycles. The Kier molecular flexibility index (Phi) is 5.32. The lowest BCUT2D eigenvalue weighted by Gasteiger charge is -2.21. The van der Waals surface area contributed by atoms with Gasteiger partial charge in [-0.3, -0.25) is 14.9 Å². The second-order valence-electron chi connectivity index (χ2n) is 5.02. The molecule has 9 heteroatoms. The summed E-state index contributed by atoms with van der Waals surface area (Å²) in [5.41, 5.74) is 0.717. The van der Waals surface area contributed by atoms with E-state index in [0.717, 1.165) is 29.5 Å². The average molecular weight is 340 g/mol. The first-order chi connectivity index (χ1) is 10.9. The summed E-state index contributed by atoms with van der Waals surface area (Å²) >= 11 is 1.11. The van der Waals surface area contributed by atoms with Crippen LogP contribution in [-0.4, -0.2) is 28.1 Å². The van der Waals surface area contributed by atoms with Crippen LogP contribution >= 0.6 is 11.3 Å². The maximum absolute atomic E-state index is 13.6. The van der Waals surface area contributed by atoms with Crippen molar-refractivity contribution in [1.82, 2.24) is 15.5 Å². The minimum Gasteiger partial charge on any atom is -0.340 e. The Morgan fingerprint density at radius 3 is 2.39 bits per heavy atom. The lowest BCUT2D eigenvalue weighted by molar-refractivity contribution is -0.118. The lowest BCUT2D eigenvalue weighted by atomic mass is 10.0. The number of hydrogen-bond donors (Lipinski definition) is 2. The molecule has 1 aromatic heterocycles. The highest BCUT2D eigenvalue weighted by Gasteiger charge is 2.27. The van der Waals surface area contributed by atoms with Crippen molar-refractivity contribution in [2.75, 3.05) is 5.32 Å². The second kappa shape index (κ2) is 7.23. The molecule has 0 spiro atoms. The Bertz CT molecular complexity index is 687. The molecule has 23 heavy (non-hydrogen) atoms. The van der Waals surface area contributed by atoms with Gasteiger partial charge in [-0.15, -0.1) is 10.2 Å². The zero-order valence-electron chi connectivity index (χ0n) is 12.3. The zero-order chi connectivity index (χ0) is 17.0. The predicted octanol–water partition coefficient (Wildman–Crippen LogP) is 2.21. The highest BCUT2D eigenvalue weighted by Crippen LogP contribution is 2.15. The SMILES string of the molecule is CC(C)C(NC(=O)c1c(F)cccc1F)C(=O)Nc1nncs1. The minimum absolute atomic E-state index is 0.270. The summed E-state index contributed by atoms with van der Waals surface area (Å²) in [7, 11) is 0. The van der Waals surface area contributed by atoms with Crippen LogP contribution in [0.4, 0.5) is 13.9 Å². The molecular weight excluding hydrogens is 326 g/mol. The van der Waals surface area contributed by atoms with Gasteiger partial charge in [-0.25, -0.2) is 8.78 Å². The van der Waals surface area contributed by atoms with Crippen molar-refractivity contribution in [3.8, 4) is 0 Å². The molecule has 1 atom stereocenters. The van der Waals surface area contributed by atoms with Crippen molar-refractivity contribution in [3.05, 3.63) is 40.9 Å². The van der Waals surface area contributed by atoms with Gasteiger partial charge in [0.1, 0.15) is 28.8 Å². The van der Waals surface area contributed by atoms with Gasteiger partial charge in [-0.2, -0.15) is 0 Å². The summed E-state index contributed by atoms with van der Waals surface area (Å²) in [5.74, 6) is -3.82. The Balaban J connectivity index is 2.16. The molecule has 122 valence electrons. The molecule has 6 nitrogen and oxygen atoms in total. The topological polar surface area (TPSA) is 84.0 Å². The van der Waals surface area contributed by atoms with Crippen LogP contribution in [0, 0.1) is 17.6 Å². The quantitative estimate of drug-likeness (QED) is 0.874. The summed E-state index contributed by atoms with van der Waals surface area (Å²) < 4.78 is 27.3. The maximum Gasteiger partial charge on any atom is 0.257 e. The molecule has 1 aromatic carbocycles. The first-order valence-electron chi connectivity index (χ1n) is 6.72. The highest BCUT2D eigenvalue weighted by atomic mass is 32.1. The fourth-order valence-corrected chi connectivity index (χ4v) is 2.32. The molecular formula is C14H14F2N4O2S. The molecule has 0 aliphatic carbocycles. The van der Waals surface area contributed by atoms with E-state index in [1.807, 2.05) is 0 Å². The van der Waals surface area contributed by atoms with Gasteiger partial charge in [-0.05, 0) is 18.1 Å². The van der Waals surface area contributed by atoms with E-state index in [-0.39, 0.29) is 11.0 Å². The summed E-state index contributed by atoms with van der Waals surface area (Å²) in [6.45, 7) is 3.39. The molecule has 0 saturated carbocycles. The van der Waals surface area contributed by atoms with Crippen molar-refractivity contribution < 1.29 is 18.4 Å². The van der Waals surface area contributed by atoms with Gasteiger partial charge >= 0.3 is 0 Å². The van der Waals surface area contributed by atoms with E-state index >= 15 is 0 Å². The smallest absolute Gasteiger partial charge is 0.257 e. The molecule has 0 radical (unpaired) electrons. The van der Waals surface area contributed by atoms with E-state index in [4.69, 9.17) is 0 Å². The van der Waals surface area contributed by atoms with Gasteiger partial charge in [0.15, 0.2) is 0 Å². The van der Waals surface area contributed by atoms with Crippen molar-refractivity contribution >= 4 is 28.3 Å². The summed E-state index contributed by atoms with van der Waals surface area (Å²) in [6.07, 6.45) is 0. The predicted molar refractivity (Wildman–Crippen MR) is 81.0 cm³/mol. The van der Waals surface area contributed by atoms with E-state index in [9.17, 15) is 18.4 Å². The third-order valence-electron chi connectivity index (χ3n) is 3.02. The van der Waals surface area contributed by atoms with E-state index < -0.39 is 35.1 Å². The first kappa shape index (κ1) is 16.9. The van der Waals surface area contributed by atoms with Crippen LogP contribution in [0.1, 0.15) is 24.2 Å². The third kappa shape index (κ3) is 4.07. The van der Waals surface area contributed by atoms with E-state index in [0.29, 0.717) is 0 Å². The number of nitrogens with one attached hydrogen (secondary N) is 2. The molecule has 0 bridgehead atoms. The van der Waals surface area contributed by atoms with E-state index in [1.54, 1.807) is 13.8 Å². The number of halogens is 2. The number of rotatable bonds is 5. The van der Waals surface area contributed by atoms with Crippen molar-refractivity contribution in [2.45, 2.75) is 19.9 Å². The molecule has 0 saturated heterocycles. The number of nitrogens with zero attached hydrogens (tertiary/aromatic N) is 2. The molecule has 0 fully saturated rings. The highest BCUT2D eigenvalue weighted by molar-refractivity contribution is 7.13. The molecule has 1 heterocycles. The fourth-order valence-electron chi connectivity index (χ4n) is 1.87. The zero-order valence-corrected chi connectivity index (χ0v) is 13.2.